The van der Waals surface area contributed by atoms with E-state index in [4.69, 9.17) is 9.47 Å². The van der Waals surface area contributed by atoms with Gasteiger partial charge in [-0.2, -0.15) is 4.31 Å². The molecule has 2 aliphatic rings. The number of cyclic esters (lactones) is 2. The summed E-state index contributed by atoms with van der Waals surface area (Å²) in [5, 5.41) is 2.73. The molecule has 0 aliphatic carbocycles. The smallest absolute Gasteiger partial charge is 0.350 e. The van der Waals surface area contributed by atoms with Crippen LogP contribution in [-0.2, 0) is 29.1 Å². The zero-order valence-electron chi connectivity index (χ0n) is 14.5. The third kappa shape index (κ3) is 3.58. The maximum Gasteiger partial charge on any atom is 0.350 e. The maximum absolute atomic E-state index is 12.8. The largest absolute Gasteiger partial charge is 0.419 e. The van der Waals surface area contributed by atoms with Crippen molar-refractivity contribution in [2.45, 2.75) is 37.4 Å². The predicted molar refractivity (Wildman–Crippen MR) is 92.4 cm³/mol. The SMILES string of the molecule is CC1(C)OC(=O)C(=CNc2ccccc2S(=O)(=O)N2CCCC2)C(=O)O1. The zero-order chi connectivity index (χ0) is 18.9. The highest BCUT2D eigenvalue weighted by Gasteiger charge is 2.39. The second-order valence-electron chi connectivity index (χ2n) is 6.49. The number of nitrogens with one attached hydrogen (secondary N) is 1. The van der Waals surface area contributed by atoms with E-state index in [9.17, 15) is 18.0 Å². The quantitative estimate of drug-likeness (QED) is 0.481. The van der Waals surface area contributed by atoms with Crippen LogP contribution >= 0.6 is 0 Å². The van der Waals surface area contributed by atoms with E-state index >= 15 is 0 Å². The lowest BCUT2D eigenvalue weighted by Crippen LogP contribution is -2.42. The summed E-state index contributed by atoms with van der Waals surface area (Å²) in [6.45, 7) is 3.85. The normalized spacial score (nSPS) is 20.5. The molecule has 3 rings (SSSR count). The number of anilines is 1. The van der Waals surface area contributed by atoms with Crippen molar-refractivity contribution in [2.75, 3.05) is 18.4 Å². The van der Waals surface area contributed by atoms with Crippen LogP contribution in [0.1, 0.15) is 26.7 Å². The number of carbonyl (C=O) groups is 2. The lowest BCUT2D eigenvalue weighted by atomic mass is 10.2. The molecule has 0 radical (unpaired) electrons. The number of nitrogens with zero attached hydrogens (tertiary/aromatic N) is 1. The lowest BCUT2D eigenvalue weighted by molar-refractivity contribution is -0.222. The van der Waals surface area contributed by atoms with E-state index in [-0.39, 0.29) is 16.2 Å². The summed E-state index contributed by atoms with van der Waals surface area (Å²) in [7, 11) is -3.66. The van der Waals surface area contributed by atoms with Gasteiger partial charge >= 0.3 is 11.9 Å². The molecule has 26 heavy (non-hydrogen) atoms. The summed E-state index contributed by atoms with van der Waals surface area (Å²) >= 11 is 0. The van der Waals surface area contributed by atoms with Crippen molar-refractivity contribution in [2.24, 2.45) is 0 Å². The number of hydrogen-bond donors (Lipinski definition) is 1. The average molecular weight is 380 g/mol. The number of carbonyl (C=O) groups excluding carboxylic acids is 2. The second-order valence-corrected chi connectivity index (χ2v) is 8.39. The molecule has 2 heterocycles. The van der Waals surface area contributed by atoms with E-state index in [1.165, 1.54) is 24.2 Å². The molecule has 1 N–H and O–H groups in total. The maximum atomic E-state index is 12.8. The Kier molecular flexibility index (Phi) is 4.76. The minimum atomic E-state index is -3.66. The molecule has 0 aromatic heterocycles. The molecule has 8 nitrogen and oxygen atoms in total. The van der Waals surface area contributed by atoms with Crippen LogP contribution in [0.5, 0.6) is 0 Å². The lowest BCUT2D eigenvalue weighted by Gasteiger charge is -2.29. The Morgan fingerprint density at radius 3 is 2.27 bits per heavy atom. The average Bonchev–Trinajstić information content (AvgIpc) is 3.08. The van der Waals surface area contributed by atoms with Crippen LogP contribution in [0.3, 0.4) is 0 Å². The van der Waals surface area contributed by atoms with Gasteiger partial charge in [-0.25, -0.2) is 18.0 Å². The Labute approximate surface area is 151 Å². The summed E-state index contributed by atoms with van der Waals surface area (Å²) in [6.07, 6.45) is 2.76. The minimum absolute atomic E-state index is 0.0802. The van der Waals surface area contributed by atoms with E-state index in [1.54, 1.807) is 18.2 Å². The van der Waals surface area contributed by atoms with Gasteiger partial charge in [0.05, 0.1) is 5.69 Å². The predicted octanol–water partition coefficient (Wildman–Crippen LogP) is 1.60. The van der Waals surface area contributed by atoms with Crippen LogP contribution in [0, 0.1) is 0 Å². The van der Waals surface area contributed by atoms with E-state index in [0.717, 1.165) is 19.0 Å². The van der Waals surface area contributed by atoms with Gasteiger partial charge in [-0.3, -0.25) is 0 Å². The van der Waals surface area contributed by atoms with Gasteiger partial charge in [0, 0.05) is 33.1 Å². The molecule has 140 valence electrons. The van der Waals surface area contributed by atoms with Crippen molar-refractivity contribution in [3.8, 4) is 0 Å². The van der Waals surface area contributed by atoms with Crippen molar-refractivity contribution in [3.63, 3.8) is 0 Å². The molecule has 0 atom stereocenters. The molecule has 0 amide bonds. The number of sulfonamides is 1. The van der Waals surface area contributed by atoms with E-state index < -0.39 is 27.7 Å². The Hall–Kier alpha value is -2.39. The molecular weight excluding hydrogens is 360 g/mol. The highest BCUT2D eigenvalue weighted by molar-refractivity contribution is 7.89. The fraction of sp³-hybridized carbons (Fsp3) is 0.412. The Bertz CT molecular complexity index is 847. The summed E-state index contributed by atoms with van der Waals surface area (Å²) in [5.41, 5.74) is -0.0740. The van der Waals surface area contributed by atoms with Gasteiger partial charge in [0.25, 0.3) is 5.79 Å². The van der Waals surface area contributed by atoms with E-state index in [0.29, 0.717) is 13.1 Å². The highest BCUT2D eigenvalue weighted by atomic mass is 32.2. The topological polar surface area (TPSA) is 102 Å². The van der Waals surface area contributed by atoms with Crippen LogP contribution in [0.2, 0.25) is 0 Å². The Morgan fingerprint density at radius 2 is 1.65 bits per heavy atom. The second kappa shape index (κ2) is 6.73. The first-order valence-corrected chi connectivity index (χ1v) is 9.67. The number of hydrogen-bond acceptors (Lipinski definition) is 7. The monoisotopic (exact) mass is 380 g/mol. The Morgan fingerprint density at radius 1 is 1.08 bits per heavy atom. The molecule has 0 bridgehead atoms. The van der Waals surface area contributed by atoms with Gasteiger partial charge in [-0.05, 0) is 25.0 Å². The van der Waals surface area contributed by atoms with Crippen molar-refractivity contribution in [3.05, 3.63) is 36.0 Å². The Balaban J connectivity index is 1.88. The molecule has 1 aromatic carbocycles. The van der Waals surface area contributed by atoms with E-state index in [1.807, 2.05) is 0 Å². The van der Waals surface area contributed by atoms with Crippen molar-refractivity contribution >= 4 is 27.6 Å². The van der Waals surface area contributed by atoms with Gasteiger partial charge in [-0.15, -0.1) is 0 Å². The van der Waals surface area contributed by atoms with Crippen LogP contribution < -0.4 is 5.32 Å². The number of ether oxygens (including phenoxy) is 2. The minimum Gasteiger partial charge on any atom is -0.419 e. The summed E-state index contributed by atoms with van der Waals surface area (Å²) in [5.74, 6) is -3.00. The van der Waals surface area contributed by atoms with Crippen LogP contribution in [0.4, 0.5) is 5.69 Å². The first kappa shape index (κ1) is 18.4. The highest BCUT2D eigenvalue weighted by Crippen LogP contribution is 2.28. The standard InChI is InChI=1S/C17H20N2O6S/c1-17(2)24-15(20)12(16(21)25-17)11-18-13-7-3-4-8-14(13)26(22,23)19-9-5-6-10-19/h3-4,7-8,11,18H,5-6,9-10H2,1-2H3. The molecule has 0 spiro atoms. The third-order valence-electron chi connectivity index (χ3n) is 4.06. The third-order valence-corrected chi connectivity index (χ3v) is 6.02. The van der Waals surface area contributed by atoms with Crippen LogP contribution in [0.15, 0.2) is 40.9 Å². The fourth-order valence-corrected chi connectivity index (χ4v) is 4.48. The molecule has 0 saturated carbocycles. The van der Waals surface area contributed by atoms with Crippen LogP contribution in [0.25, 0.3) is 0 Å². The molecule has 9 heteroatoms. The number of para-hydroxylation sites is 1. The van der Waals surface area contributed by atoms with Gasteiger partial charge < -0.3 is 14.8 Å². The molecule has 0 unspecified atom stereocenters. The number of rotatable bonds is 4. The summed E-state index contributed by atoms with van der Waals surface area (Å²) < 4.78 is 37.0. The van der Waals surface area contributed by atoms with Crippen molar-refractivity contribution in [1.29, 1.82) is 0 Å². The van der Waals surface area contributed by atoms with E-state index in [2.05, 4.69) is 5.32 Å². The van der Waals surface area contributed by atoms with Gasteiger partial charge in [0.1, 0.15) is 4.90 Å². The molecule has 2 aliphatic heterocycles. The van der Waals surface area contributed by atoms with Gasteiger partial charge in [-0.1, -0.05) is 12.1 Å². The molecular formula is C17H20N2O6S. The molecule has 1 aromatic rings. The van der Waals surface area contributed by atoms with Crippen LogP contribution in [-0.4, -0.2) is 43.5 Å². The number of benzene rings is 1. The van der Waals surface area contributed by atoms with Crippen molar-refractivity contribution in [1.82, 2.24) is 4.31 Å². The van der Waals surface area contributed by atoms with Crippen molar-refractivity contribution < 1.29 is 27.5 Å². The summed E-state index contributed by atoms with van der Waals surface area (Å²) in [6, 6.07) is 6.32. The fourth-order valence-electron chi connectivity index (χ4n) is 2.81. The molecule has 2 fully saturated rings. The van der Waals surface area contributed by atoms with Gasteiger partial charge in [0.2, 0.25) is 10.0 Å². The zero-order valence-corrected chi connectivity index (χ0v) is 15.3. The molecule has 2 saturated heterocycles. The first-order valence-electron chi connectivity index (χ1n) is 8.23. The number of esters is 2. The summed E-state index contributed by atoms with van der Waals surface area (Å²) in [4.78, 5) is 24.0. The van der Waals surface area contributed by atoms with Gasteiger partial charge in [0.15, 0.2) is 5.57 Å². The first-order chi connectivity index (χ1) is 12.2.